The van der Waals surface area contributed by atoms with Gasteiger partial charge in [-0.25, -0.2) is 0 Å². The van der Waals surface area contributed by atoms with Crippen LogP contribution in [0.2, 0.25) is 0 Å². The van der Waals surface area contributed by atoms with Gasteiger partial charge in [-0.3, -0.25) is 14.4 Å². The molecule has 0 saturated heterocycles. The average molecular weight is 431 g/mol. The van der Waals surface area contributed by atoms with Gasteiger partial charge in [0.05, 0.1) is 5.69 Å². The summed E-state index contributed by atoms with van der Waals surface area (Å²) in [4.78, 5) is 37.8. The average Bonchev–Trinajstić information content (AvgIpc) is 2.62. The molecule has 1 heterocycles. The lowest BCUT2D eigenvalue weighted by Gasteiger charge is -2.29. The Hall–Kier alpha value is -2.67. The molecule has 1 N–H and O–H groups in total. The van der Waals surface area contributed by atoms with Gasteiger partial charge in [0.25, 0.3) is 5.91 Å². The van der Waals surface area contributed by atoms with Crippen molar-refractivity contribution in [3.05, 3.63) is 52.0 Å². The summed E-state index contributed by atoms with van der Waals surface area (Å²) in [7, 11) is 0. The third kappa shape index (κ3) is 4.36. The zero-order valence-corrected chi connectivity index (χ0v) is 16.6. The number of Topliss-reactive ketones (excluding diaryl/α,β-unsaturated/α-hetero) is 1. The van der Waals surface area contributed by atoms with Crippen LogP contribution in [0.4, 0.5) is 11.4 Å². The molecule has 27 heavy (non-hydrogen) atoms. The summed E-state index contributed by atoms with van der Waals surface area (Å²) in [6, 6.07) is 10.6. The van der Waals surface area contributed by atoms with Crippen molar-refractivity contribution in [2.75, 3.05) is 23.4 Å². The molecule has 1 aliphatic heterocycles. The quantitative estimate of drug-likeness (QED) is 0.733. The molecule has 0 atom stereocenters. The summed E-state index contributed by atoms with van der Waals surface area (Å²) in [5.74, 6) is 0.00259. The molecule has 0 fully saturated rings. The van der Waals surface area contributed by atoms with Crippen molar-refractivity contribution in [2.45, 2.75) is 20.3 Å². The largest absolute Gasteiger partial charge is 0.482 e. The molecular weight excluding hydrogens is 412 g/mol. The number of fused-ring (bicyclic) bond motifs is 1. The van der Waals surface area contributed by atoms with E-state index in [2.05, 4.69) is 21.2 Å². The number of halogens is 1. The molecule has 2 aromatic rings. The minimum atomic E-state index is -0.240. The second-order valence-electron chi connectivity index (χ2n) is 6.33. The second-order valence-corrected chi connectivity index (χ2v) is 7.25. The summed E-state index contributed by atoms with van der Waals surface area (Å²) < 4.78 is 6.36. The van der Waals surface area contributed by atoms with Crippen molar-refractivity contribution in [1.29, 1.82) is 0 Å². The minimum Gasteiger partial charge on any atom is -0.482 e. The summed E-state index contributed by atoms with van der Waals surface area (Å²) >= 11 is 3.39. The molecule has 140 valence electrons. The summed E-state index contributed by atoms with van der Waals surface area (Å²) in [5, 5.41) is 2.86. The fourth-order valence-corrected chi connectivity index (χ4v) is 3.34. The maximum absolute atomic E-state index is 12.3. The van der Waals surface area contributed by atoms with E-state index in [0.29, 0.717) is 17.0 Å². The number of anilines is 2. The fraction of sp³-hybridized carbons (Fsp3) is 0.250. The molecule has 0 saturated carbocycles. The predicted molar refractivity (Wildman–Crippen MR) is 106 cm³/mol. The maximum Gasteiger partial charge on any atom is 0.265 e. The Morgan fingerprint density at radius 3 is 2.70 bits per heavy atom. The van der Waals surface area contributed by atoms with Crippen molar-refractivity contribution in [1.82, 2.24) is 0 Å². The van der Waals surface area contributed by atoms with E-state index < -0.39 is 0 Å². The number of nitrogens with one attached hydrogen (secondary N) is 1. The van der Waals surface area contributed by atoms with Crippen LogP contribution in [0.5, 0.6) is 5.75 Å². The van der Waals surface area contributed by atoms with Crippen LogP contribution in [0.3, 0.4) is 0 Å². The molecule has 1 aliphatic rings. The first kappa shape index (κ1) is 19.1. The van der Waals surface area contributed by atoms with Crippen molar-refractivity contribution in [2.24, 2.45) is 0 Å². The Labute approximate surface area is 165 Å². The van der Waals surface area contributed by atoms with Gasteiger partial charge in [-0.05, 0) is 55.8 Å². The first-order chi connectivity index (χ1) is 12.8. The Morgan fingerprint density at radius 2 is 2.00 bits per heavy atom. The number of rotatable bonds is 5. The van der Waals surface area contributed by atoms with Crippen LogP contribution in [0.15, 0.2) is 40.9 Å². The van der Waals surface area contributed by atoms with Crippen LogP contribution < -0.4 is 15.0 Å². The Bertz CT molecular complexity index is 926. The molecular formula is C20H19BrN2O4. The first-order valence-electron chi connectivity index (χ1n) is 8.49. The zero-order valence-electron chi connectivity index (χ0n) is 15.0. The van der Waals surface area contributed by atoms with Gasteiger partial charge in [-0.15, -0.1) is 0 Å². The van der Waals surface area contributed by atoms with Crippen LogP contribution in [0.25, 0.3) is 0 Å². The van der Waals surface area contributed by atoms with Crippen LogP contribution in [0, 0.1) is 6.92 Å². The monoisotopic (exact) mass is 430 g/mol. The summed E-state index contributed by atoms with van der Waals surface area (Å²) in [6.45, 7) is 3.49. The van der Waals surface area contributed by atoms with Gasteiger partial charge in [0.15, 0.2) is 12.4 Å². The summed E-state index contributed by atoms with van der Waals surface area (Å²) in [6.07, 6.45) is 0.130. The minimum absolute atomic E-state index is 0.0835. The van der Waals surface area contributed by atoms with Crippen molar-refractivity contribution in [3.63, 3.8) is 0 Å². The number of hydrogen-bond donors (Lipinski definition) is 1. The normalized spacial score (nSPS) is 13.0. The van der Waals surface area contributed by atoms with E-state index in [4.69, 9.17) is 4.74 Å². The predicted octanol–water partition coefficient (Wildman–Crippen LogP) is 3.71. The number of carbonyl (C=O) groups is 3. The van der Waals surface area contributed by atoms with Crippen LogP contribution in [-0.2, 0) is 9.59 Å². The third-order valence-corrected chi connectivity index (χ3v) is 4.83. The highest BCUT2D eigenvalue weighted by Gasteiger charge is 2.26. The molecule has 6 nitrogen and oxygen atoms in total. The standard InChI is InChI=1S/C20H19BrN2O4/c1-12-9-15(21)4-5-16(12)22-19(25)7-8-23-17-10-14(13(2)24)3-6-18(17)27-11-20(23)26/h3-6,9-10H,7-8,11H2,1-2H3,(H,22,25). The highest BCUT2D eigenvalue weighted by molar-refractivity contribution is 9.10. The van der Waals surface area contributed by atoms with Crippen molar-refractivity contribution < 1.29 is 19.1 Å². The van der Waals surface area contributed by atoms with Gasteiger partial charge < -0.3 is 15.0 Å². The van der Waals surface area contributed by atoms with E-state index in [1.54, 1.807) is 18.2 Å². The molecule has 0 aliphatic carbocycles. The molecule has 0 aromatic heterocycles. The molecule has 0 unspecified atom stereocenters. The highest BCUT2D eigenvalue weighted by Crippen LogP contribution is 2.33. The lowest BCUT2D eigenvalue weighted by atomic mass is 10.1. The van der Waals surface area contributed by atoms with Crippen molar-refractivity contribution >= 4 is 44.9 Å². The smallest absolute Gasteiger partial charge is 0.265 e. The van der Waals surface area contributed by atoms with Crippen molar-refractivity contribution in [3.8, 4) is 5.75 Å². The number of ketones is 1. The molecule has 0 spiro atoms. The second kappa shape index (κ2) is 7.92. The summed E-state index contributed by atoms with van der Waals surface area (Å²) in [5.41, 5.74) is 2.69. The molecule has 0 radical (unpaired) electrons. The van der Waals surface area contributed by atoms with Gasteiger partial charge in [0.1, 0.15) is 5.75 Å². The Balaban J connectivity index is 1.72. The van der Waals surface area contributed by atoms with E-state index in [-0.39, 0.29) is 37.2 Å². The van der Waals surface area contributed by atoms with E-state index in [1.165, 1.54) is 11.8 Å². The Morgan fingerprint density at radius 1 is 1.22 bits per heavy atom. The van der Waals surface area contributed by atoms with Crippen LogP contribution >= 0.6 is 15.9 Å². The van der Waals surface area contributed by atoms with E-state index in [0.717, 1.165) is 15.7 Å². The van der Waals surface area contributed by atoms with Gasteiger partial charge in [0.2, 0.25) is 5.91 Å². The zero-order chi connectivity index (χ0) is 19.6. The van der Waals surface area contributed by atoms with Gasteiger partial charge in [-0.1, -0.05) is 15.9 Å². The number of ether oxygens (including phenoxy) is 1. The maximum atomic E-state index is 12.3. The molecule has 7 heteroatoms. The number of hydrogen-bond acceptors (Lipinski definition) is 4. The Kier molecular flexibility index (Phi) is 5.60. The van der Waals surface area contributed by atoms with E-state index in [1.807, 2.05) is 25.1 Å². The molecule has 2 aromatic carbocycles. The number of nitrogens with zero attached hydrogens (tertiary/aromatic N) is 1. The fourth-order valence-electron chi connectivity index (χ4n) is 2.86. The topological polar surface area (TPSA) is 75.7 Å². The van der Waals surface area contributed by atoms with Crippen LogP contribution in [0.1, 0.15) is 29.3 Å². The number of benzene rings is 2. The number of aryl methyl sites for hydroxylation is 1. The highest BCUT2D eigenvalue weighted by atomic mass is 79.9. The number of amides is 2. The van der Waals surface area contributed by atoms with E-state index in [9.17, 15) is 14.4 Å². The first-order valence-corrected chi connectivity index (χ1v) is 9.28. The van der Waals surface area contributed by atoms with Crippen LogP contribution in [-0.4, -0.2) is 30.7 Å². The lowest BCUT2D eigenvalue weighted by Crippen LogP contribution is -2.40. The third-order valence-electron chi connectivity index (χ3n) is 4.33. The lowest BCUT2D eigenvalue weighted by molar-refractivity contribution is -0.121. The van der Waals surface area contributed by atoms with Gasteiger partial charge in [0, 0.05) is 28.7 Å². The van der Waals surface area contributed by atoms with Gasteiger partial charge in [-0.2, -0.15) is 0 Å². The molecule has 0 bridgehead atoms. The van der Waals surface area contributed by atoms with Gasteiger partial charge >= 0.3 is 0 Å². The van der Waals surface area contributed by atoms with E-state index >= 15 is 0 Å². The number of carbonyl (C=O) groups excluding carboxylic acids is 3. The molecule has 2 amide bonds. The SMILES string of the molecule is CC(=O)c1ccc2c(c1)N(CCC(=O)Nc1ccc(Br)cc1C)C(=O)CO2. The molecule has 3 rings (SSSR count).